The number of hydrazine groups is 1. The van der Waals surface area contributed by atoms with Crippen LogP contribution >= 0.6 is 0 Å². The Balaban J connectivity index is 2.26. The summed E-state index contributed by atoms with van der Waals surface area (Å²) in [5, 5.41) is 0. The van der Waals surface area contributed by atoms with Crippen molar-refractivity contribution < 1.29 is 9.47 Å². The Morgan fingerprint density at radius 3 is 2.15 bits per heavy atom. The summed E-state index contributed by atoms with van der Waals surface area (Å²) in [4.78, 5) is 0. The van der Waals surface area contributed by atoms with Gasteiger partial charge in [-0.15, -0.1) is 0 Å². The van der Waals surface area contributed by atoms with Crippen molar-refractivity contribution in [3.8, 4) is 0 Å². The van der Waals surface area contributed by atoms with Crippen molar-refractivity contribution in [2.24, 2.45) is 5.84 Å². The molecule has 20 heavy (non-hydrogen) atoms. The SMILES string of the molecule is COC1(C(NN)c2ccc(C(C)C)cc2)CCOCC1. The molecule has 1 aromatic carbocycles. The molecule has 0 spiro atoms. The van der Waals surface area contributed by atoms with Crippen molar-refractivity contribution >= 4 is 0 Å². The Hall–Kier alpha value is -0.940. The van der Waals surface area contributed by atoms with Crippen LogP contribution in [0.15, 0.2) is 24.3 Å². The molecule has 1 atom stereocenters. The zero-order chi connectivity index (χ0) is 14.6. The Bertz CT molecular complexity index is 411. The number of benzene rings is 1. The number of nitrogens with one attached hydrogen (secondary N) is 1. The van der Waals surface area contributed by atoms with E-state index in [1.807, 2.05) is 0 Å². The molecule has 0 amide bonds. The molecule has 1 aliphatic heterocycles. The second kappa shape index (κ2) is 6.68. The van der Waals surface area contributed by atoms with Crippen molar-refractivity contribution in [1.29, 1.82) is 0 Å². The van der Waals surface area contributed by atoms with Gasteiger partial charge in [0.15, 0.2) is 0 Å². The van der Waals surface area contributed by atoms with Gasteiger partial charge in [0.25, 0.3) is 0 Å². The molecule has 1 aromatic rings. The molecule has 0 saturated carbocycles. The number of hydrogen-bond acceptors (Lipinski definition) is 4. The standard InChI is InChI=1S/C16H26N2O2/c1-12(2)13-4-6-14(7-5-13)15(18-17)16(19-3)8-10-20-11-9-16/h4-7,12,15,18H,8-11,17H2,1-3H3. The average molecular weight is 278 g/mol. The van der Waals surface area contributed by atoms with E-state index in [4.69, 9.17) is 15.3 Å². The largest absolute Gasteiger partial charge is 0.381 e. The zero-order valence-corrected chi connectivity index (χ0v) is 12.7. The molecule has 1 fully saturated rings. The second-order valence-corrected chi connectivity index (χ2v) is 5.80. The number of hydrogen-bond donors (Lipinski definition) is 2. The molecular weight excluding hydrogens is 252 g/mol. The Morgan fingerprint density at radius 1 is 1.15 bits per heavy atom. The minimum atomic E-state index is -0.285. The third-order valence-corrected chi connectivity index (χ3v) is 4.37. The number of rotatable bonds is 5. The van der Waals surface area contributed by atoms with Gasteiger partial charge >= 0.3 is 0 Å². The van der Waals surface area contributed by atoms with E-state index in [0.717, 1.165) is 26.1 Å². The Kier molecular flexibility index (Phi) is 5.16. The highest BCUT2D eigenvalue weighted by molar-refractivity contribution is 5.29. The van der Waals surface area contributed by atoms with Crippen molar-refractivity contribution in [1.82, 2.24) is 5.43 Å². The summed E-state index contributed by atoms with van der Waals surface area (Å²) in [7, 11) is 1.76. The van der Waals surface area contributed by atoms with E-state index in [2.05, 4.69) is 43.5 Å². The molecule has 1 heterocycles. The van der Waals surface area contributed by atoms with Gasteiger partial charge in [-0.2, -0.15) is 0 Å². The smallest absolute Gasteiger partial charge is 0.0929 e. The van der Waals surface area contributed by atoms with E-state index in [1.54, 1.807) is 7.11 Å². The summed E-state index contributed by atoms with van der Waals surface area (Å²) in [6.07, 6.45) is 1.70. The minimum Gasteiger partial charge on any atom is -0.381 e. The number of ether oxygens (including phenoxy) is 2. The number of nitrogens with two attached hydrogens (primary N) is 1. The van der Waals surface area contributed by atoms with Gasteiger partial charge in [-0.1, -0.05) is 38.1 Å². The Labute approximate surface area is 121 Å². The van der Waals surface area contributed by atoms with Gasteiger partial charge in [-0.25, -0.2) is 0 Å². The van der Waals surface area contributed by atoms with Crippen LogP contribution in [-0.4, -0.2) is 25.9 Å². The van der Waals surface area contributed by atoms with Crippen molar-refractivity contribution in [2.75, 3.05) is 20.3 Å². The highest BCUT2D eigenvalue weighted by atomic mass is 16.5. The average Bonchev–Trinajstić information content (AvgIpc) is 2.49. The summed E-state index contributed by atoms with van der Waals surface area (Å²) in [5.74, 6) is 6.36. The fraction of sp³-hybridized carbons (Fsp3) is 0.625. The fourth-order valence-corrected chi connectivity index (χ4v) is 2.95. The predicted octanol–water partition coefficient (Wildman–Crippen LogP) is 2.51. The third-order valence-electron chi connectivity index (χ3n) is 4.37. The van der Waals surface area contributed by atoms with Crippen LogP contribution in [0.25, 0.3) is 0 Å². The van der Waals surface area contributed by atoms with E-state index in [0.29, 0.717) is 5.92 Å². The molecule has 112 valence electrons. The summed E-state index contributed by atoms with van der Waals surface area (Å²) in [6, 6.07) is 8.63. The third kappa shape index (κ3) is 3.04. The maximum Gasteiger partial charge on any atom is 0.0929 e. The van der Waals surface area contributed by atoms with Crippen LogP contribution in [0.4, 0.5) is 0 Å². The maximum atomic E-state index is 5.84. The minimum absolute atomic E-state index is 0.0161. The van der Waals surface area contributed by atoms with Crippen molar-refractivity contribution in [3.05, 3.63) is 35.4 Å². The van der Waals surface area contributed by atoms with Crippen molar-refractivity contribution in [2.45, 2.75) is 44.2 Å². The predicted molar refractivity (Wildman–Crippen MR) is 80.4 cm³/mol. The van der Waals surface area contributed by atoms with Gasteiger partial charge in [0.2, 0.25) is 0 Å². The van der Waals surface area contributed by atoms with E-state index in [9.17, 15) is 0 Å². The highest BCUT2D eigenvalue weighted by Gasteiger charge is 2.41. The molecule has 4 nitrogen and oxygen atoms in total. The molecule has 1 unspecified atom stereocenters. The first-order chi connectivity index (χ1) is 9.63. The fourth-order valence-electron chi connectivity index (χ4n) is 2.95. The molecule has 0 radical (unpaired) electrons. The van der Waals surface area contributed by atoms with Crippen LogP contribution in [0.2, 0.25) is 0 Å². The summed E-state index contributed by atoms with van der Waals surface area (Å²) in [6.45, 7) is 5.83. The molecule has 2 rings (SSSR count). The van der Waals surface area contributed by atoms with Crippen LogP contribution in [0.5, 0.6) is 0 Å². The second-order valence-electron chi connectivity index (χ2n) is 5.80. The highest BCUT2D eigenvalue weighted by Crippen LogP contribution is 2.37. The van der Waals surface area contributed by atoms with E-state index >= 15 is 0 Å². The van der Waals surface area contributed by atoms with Crippen LogP contribution in [-0.2, 0) is 9.47 Å². The first-order valence-electron chi connectivity index (χ1n) is 7.32. The van der Waals surface area contributed by atoms with Crippen LogP contribution < -0.4 is 11.3 Å². The number of methoxy groups -OCH3 is 1. The zero-order valence-electron chi connectivity index (χ0n) is 12.7. The molecule has 0 aliphatic carbocycles. The first-order valence-corrected chi connectivity index (χ1v) is 7.32. The van der Waals surface area contributed by atoms with Gasteiger partial charge in [-0.05, 0) is 17.0 Å². The molecule has 0 bridgehead atoms. The maximum absolute atomic E-state index is 5.84. The van der Waals surface area contributed by atoms with Gasteiger partial charge in [0, 0.05) is 33.2 Å². The van der Waals surface area contributed by atoms with E-state index in [1.165, 1.54) is 11.1 Å². The molecule has 0 aromatic heterocycles. The van der Waals surface area contributed by atoms with Crippen LogP contribution in [0, 0.1) is 0 Å². The van der Waals surface area contributed by atoms with Crippen molar-refractivity contribution in [3.63, 3.8) is 0 Å². The van der Waals surface area contributed by atoms with Crippen LogP contribution in [0.1, 0.15) is 49.8 Å². The first kappa shape index (κ1) is 15.4. The van der Waals surface area contributed by atoms with Gasteiger partial charge in [0.1, 0.15) is 0 Å². The molecule has 4 heteroatoms. The Morgan fingerprint density at radius 2 is 1.70 bits per heavy atom. The lowest BCUT2D eigenvalue weighted by Gasteiger charge is -2.42. The molecule has 1 saturated heterocycles. The van der Waals surface area contributed by atoms with Crippen LogP contribution in [0.3, 0.4) is 0 Å². The molecular formula is C16H26N2O2. The normalized spacial score (nSPS) is 20.1. The lowest BCUT2D eigenvalue weighted by molar-refractivity contribution is -0.111. The summed E-state index contributed by atoms with van der Waals surface area (Å²) < 4.78 is 11.3. The summed E-state index contributed by atoms with van der Waals surface area (Å²) in [5.41, 5.74) is 5.17. The molecule has 3 N–H and O–H groups in total. The molecule has 1 aliphatic rings. The quantitative estimate of drug-likeness (QED) is 0.642. The summed E-state index contributed by atoms with van der Waals surface area (Å²) >= 11 is 0. The lowest BCUT2D eigenvalue weighted by Crippen LogP contribution is -2.51. The van der Waals surface area contributed by atoms with Gasteiger partial charge in [-0.3, -0.25) is 11.3 Å². The topological polar surface area (TPSA) is 56.5 Å². The monoisotopic (exact) mass is 278 g/mol. The van der Waals surface area contributed by atoms with Gasteiger partial charge < -0.3 is 9.47 Å². The van der Waals surface area contributed by atoms with E-state index in [-0.39, 0.29) is 11.6 Å². The lowest BCUT2D eigenvalue weighted by atomic mass is 9.82. The van der Waals surface area contributed by atoms with E-state index < -0.39 is 0 Å². The van der Waals surface area contributed by atoms with Gasteiger partial charge in [0.05, 0.1) is 11.6 Å².